The number of hydrogen-bond donors (Lipinski definition) is 1. The third kappa shape index (κ3) is 2.69. The topological polar surface area (TPSA) is 49.4 Å². The van der Waals surface area contributed by atoms with Gasteiger partial charge in [0.2, 0.25) is 11.8 Å². The average molecular weight is 272 g/mol. The highest BCUT2D eigenvalue weighted by Crippen LogP contribution is 2.32. The molecule has 1 aromatic rings. The lowest BCUT2D eigenvalue weighted by Crippen LogP contribution is -2.29. The Bertz CT molecular complexity index is 537. The predicted molar refractivity (Wildman–Crippen MR) is 77.3 cm³/mol. The van der Waals surface area contributed by atoms with Gasteiger partial charge in [-0.2, -0.15) is 0 Å². The zero-order valence-electron chi connectivity index (χ0n) is 11.8. The Hall–Kier alpha value is -1.84. The van der Waals surface area contributed by atoms with Crippen molar-refractivity contribution >= 4 is 17.5 Å². The Balaban J connectivity index is 1.63. The van der Waals surface area contributed by atoms with E-state index in [9.17, 15) is 9.59 Å². The van der Waals surface area contributed by atoms with Gasteiger partial charge in [-0.05, 0) is 37.0 Å². The van der Waals surface area contributed by atoms with Crippen LogP contribution in [0.3, 0.4) is 0 Å². The van der Waals surface area contributed by atoms with Gasteiger partial charge in [0.25, 0.3) is 0 Å². The second-order valence-electron chi connectivity index (χ2n) is 5.72. The summed E-state index contributed by atoms with van der Waals surface area (Å²) in [6.07, 6.45) is 3.49. The first-order valence-corrected chi connectivity index (χ1v) is 7.36. The molecular weight excluding hydrogens is 252 g/mol. The van der Waals surface area contributed by atoms with Crippen LogP contribution in [0.25, 0.3) is 0 Å². The number of benzene rings is 1. The molecular formula is C16H20N2O2. The number of hydrogen-bond acceptors (Lipinski definition) is 2. The van der Waals surface area contributed by atoms with E-state index < -0.39 is 0 Å². The van der Waals surface area contributed by atoms with E-state index in [0.29, 0.717) is 19.0 Å². The molecule has 4 nitrogen and oxygen atoms in total. The lowest BCUT2D eigenvalue weighted by molar-refractivity contribution is -0.128. The van der Waals surface area contributed by atoms with Gasteiger partial charge in [0.05, 0.1) is 5.92 Å². The molecule has 1 saturated heterocycles. The van der Waals surface area contributed by atoms with Crippen LogP contribution in [0.4, 0.5) is 5.69 Å². The monoisotopic (exact) mass is 272 g/mol. The van der Waals surface area contributed by atoms with Crippen molar-refractivity contribution in [1.29, 1.82) is 0 Å². The minimum atomic E-state index is -0.201. The summed E-state index contributed by atoms with van der Waals surface area (Å²) in [5, 5.41) is 2.94. The molecule has 106 valence electrons. The number of carbonyl (C=O) groups is 2. The van der Waals surface area contributed by atoms with Crippen LogP contribution >= 0.6 is 0 Å². The van der Waals surface area contributed by atoms with Gasteiger partial charge in [0, 0.05) is 24.7 Å². The molecule has 1 aliphatic heterocycles. The summed E-state index contributed by atoms with van der Waals surface area (Å²) in [5.41, 5.74) is 2.02. The average Bonchev–Trinajstić information content (AvgIpc) is 3.21. The summed E-state index contributed by atoms with van der Waals surface area (Å²) in [7, 11) is 0. The number of likely N-dealkylation sites (tertiary alicyclic amines) is 1. The van der Waals surface area contributed by atoms with Crippen LogP contribution in [0.1, 0.15) is 31.7 Å². The molecule has 0 aromatic heterocycles. The fourth-order valence-corrected chi connectivity index (χ4v) is 2.76. The van der Waals surface area contributed by atoms with Crippen LogP contribution in [-0.4, -0.2) is 29.3 Å². The molecule has 0 spiro atoms. The lowest BCUT2D eigenvalue weighted by atomic mass is 10.1. The third-order valence-electron chi connectivity index (χ3n) is 4.12. The molecule has 1 aromatic carbocycles. The second kappa shape index (κ2) is 5.27. The molecule has 1 heterocycles. The molecule has 3 rings (SSSR count). The molecule has 2 aliphatic rings. The molecule has 1 atom stereocenters. The van der Waals surface area contributed by atoms with Crippen LogP contribution < -0.4 is 5.32 Å². The highest BCUT2D eigenvalue weighted by Gasteiger charge is 2.41. The van der Waals surface area contributed by atoms with Crippen molar-refractivity contribution in [3.8, 4) is 0 Å². The van der Waals surface area contributed by atoms with E-state index >= 15 is 0 Å². The van der Waals surface area contributed by atoms with Crippen LogP contribution in [0.5, 0.6) is 0 Å². The molecule has 1 N–H and O–H groups in total. The van der Waals surface area contributed by atoms with E-state index in [1.54, 1.807) is 0 Å². The predicted octanol–water partition coefficient (Wildman–Crippen LogP) is 2.20. The SMILES string of the molecule is CCc1cccc(NC(=O)[C@H]2CC(=O)N(C3CC3)C2)c1. The number of amides is 2. The minimum Gasteiger partial charge on any atom is -0.339 e. The summed E-state index contributed by atoms with van der Waals surface area (Å²) in [6.45, 7) is 2.67. The Kier molecular flexibility index (Phi) is 3.47. The summed E-state index contributed by atoms with van der Waals surface area (Å²) >= 11 is 0. The maximum Gasteiger partial charge on any atom is 0.229 e. The zero-order valence-corrected chi connectivity index (χ0v) is 11.8. The molecule has 2 fully saturated rings. The third-order valence-corrected chi connectivity index (χ3v) is 4.12. The molecule has 4 heteroatoms. The summed E-state index contributed by atoms with van der Waals surface area (Å²) in [4.78, 5) is 26.0. The van der Waals surface area contributed by atoms with Gasteiger partial charge in [0.15, 0.2) is 0 Å². The molecule has 1 aliphatic carbocycles. The van der Waals surface area contributed by atoms with Crippen molar-refractivity contribution in [3.63, 3.8) is 0 Å². The van der Waals surface area contributed by atoms with Crippen molar-refractivity contribution in [2.75, 3.05) is 11.9 Å². The van der Waals surface area contributed by atoms with Crippen LogP contribution in [0.15, 0.2) is 24.3 Å². The summed E-state index contributed by atoms with van der Waals surface area (Å²) < 4.78 is 0. The van der Waals surface area contributed by atoms with Gasteiger partial charge in [-0.3, -0.25) is 9.59 Å². The molecule has 20 heavy (non-hydrogen) atoms. The van der Waals surface area contributed by atoms with E-state index in [0.717, 1.165) is 24.9 Å². The maximum atomic E-state index is 12.3. The molecule has 1 saturated carbocycles. The Morgan fingerprint density at radius 2 is 2.20 bits per heavy atom. The Morgan fingerprint density at radius 3 is 2.90 bits per heavy atom. The first kappa shape index (κ1) is 13.2. The fraction of sp³-hybridized carbons (Fsp3) is 0.500. The van der Waals surface area contributed by atoms with E-state index in [-0.39, 0.29) is 17.7 Å². The lowest BCUT2D eigenvalue weighted by Gasteiger charge is -2.15. The van der Waals surface area contributed by atoms with Crippen molar-refractivity contribution < 1.29 is 9.59 Å². The highest BCUT2D eigenvalue weighted by atomic mass is 16.2. The number of anilines is 1. The highest BCUT2D eigenvalue weighted by molar-refractivity contribution is 5.97. The first-order chi connectivity index (χ1) is 9.67. The summed E-state index contributed by atoms with van der Waals surface area (Å²) in [5.74, 6) is -0.0990. The normalized spacial score (nSPS) is 22.1. The molecule has 0 bridgehead atoms. The van der Waals surface area contributed by atoms with E-state index in [4.69, 9.17) is 0 Å². The fourth-order valence-electron chi connectivity index (χ4n) is 2.76. The maximum absolute atomic E-state index is 12.3. The van der Waals surface area contributed by atoms with Gasteiger partial charge in [-0.1, -0.05) is 19.1 Å². The second-order valence-corrected chi connectivity index (χ2v) is 5.72. The standard InChI is InChI=1S/C16H20N2O2/c1-2-11-4-3-5-13(8-11)17-16(20)12-9-15(19)18(10-12)14-6-7-14/h3-5,8,12,14H,2,6-7,9-10H2,1H3,(H,17,20)/t12-/m0/s1. The molecule has 2 amide bonds. The number of nitrogens with zero attached hydrogens (tertiary/aromatic N) is 1. The van der Waals surface area contributed by atoms with Crippen LogP contribution in [-0.2, 0) is 16.0 Å². The van der Waals surface area contributed by atoms with Gasteiger partial charge >= 0.3 is 0 Å². The van der Waals surface area contributed by atoms with Crippen molar-refractivity contribution in [3.05, 3.63) is 29.8 Å². The first-order valence-electron chi connectivity index (χ1n) is 7.36. The Labute approximate surface area is 119 Å². The minimum absolute atomic E-state index is 0.0326. The molecule has 0 radical (unpaired) electrons. The molecule has 0 unspecified atom stereocenters. The number of rotatable bonds is 4. The van der Waals surface area contributed by atoms with Gasteiger partial charge in [-0.15, -0.1) is 0 Å². The van der Waals surface area contributed by atoms with Crippen molar-refractivity contribution in [1.82, 2.24) is 4.90 Å². The van der Waals surface area contributed by atoms with E-state index in [2.05, 4.69) is 12.2 Å². The van der Waals surface area contributed by atoms with Gasteiger partial charge in [-0.25, -0.2) is 0 Å². The van der Waals surface area contributed by atoms with Crippen LogP contribution in [0.2, 0.25) is 0 Å². The van der Waals surface area contributed by atoms with Gasteiger partial charge in [0.1, 0.15) is 0 Å². The smallest absolute Gasteiger partial charge is 0.229 e. The zero-order chi connectivity index (χ0) is 14.1. The van der Waals surface area contributed by atoms with E-state index in [1.165, 1.54) is 5.56 Å². The number of aryl methyl sites for hydroxylation is 1. The number of nitrogens with one attached hydrogen (secondary N) is 1. The van der Waals surface area contributed by atoms with Gasteiger partial charge < -0.3 is 10.2 Å². The largest absolute Gasteiger partial charge is 0.339 e. The van der Waals surface area contributed by atoms with Crippen molar-refractivity contribution in [2.24, 2.45) is 5.92 Å². The summed E-state index contributed by atoms with van der Waals surface area (Å²) in [6, 6.07) is 8.29. The number of carbonyl (C=O) groups excluding carboxylic acids is 2. The van der Waals surface area contributed by atoms with Crippen molar-refractivity contribution in [2.45, 2.75) is 38.6 Å². The Morgan fingerprint density at radius 1 is 1.40 bits per heavy atom. The van der Waals surface area contributed by atoms with E-state index in [1.807, 2.05) is 29.2 Å². The van der Waals surface area contributed by atoms with Crippen LogP contribution in [0, 0.1) is 5.92 Å². The quantitative estimate of drug-likeness (QED) is 0.913.